The van der Waals surface area contributed by atoms with Gasteiger partial charge < -0.3 is 15.3 Å². The van der Waals surface area contributed by atoms with Crippen molar-refractivity contribution < 1.29 is 20.1 Å². The van der Waals surface area contributed by atoms with E-state index in [1.807, 2.05) is 22.6 Å². The highest BCUT2D eigenvalue weighted by molar-refractivity contribution is 14.1. The van der Waals surface area contributed by atoms with E-state index < -0.39 is 23.6 Å². The molecule has 0 aromatic carbocycles. The molecule has 0 aromatic heterocycles. The summed E-state index contributed by atoms with van der Waals surface area (Å²) in [6.07, 6.45) is -0.192. The standard InChI is InChI=1S/C9H14I2O4/c10-3-5-1-2-9(4-11,8(14)15)6(5)7(12)13/h5-6,8,14-15H,1-4H2,(H,12,13). The van der Waals surface area contributed by atoms with Gasteiger partial charge in [0.1, 0.15) is 0 Å². The zero-order chi connectivity index (χ0) is 11.6. The fourth-order valence-electron chi connectivity index (χ4n) is 2.37. The monoisotopic (exact) mass is 440 g/mol. The molecule has 3 unspecified atom stereocenters. The maximum absolute atomic E-state index is 11.2. The molecule has 1 aliphatic rings. The lowest BCUT2D eigenvalue weighted by molar-refractivity contribution is -0.169. The van der Waals surface area contributed by atoms with E-state index in [1.54, 1.807) is 0 Å². The van der Waals surface area contributed by atoms with Crippen molar-refractivity contribution in [3.63, 3.8) is 0 Å². The molecule has 0 amide bonds. The number of aliphatic hydroxyl groups excluding tert-OH is 1. The maximum atomic E-state index is 11.2. The number of carboxylic acids is 1. The molecule has 3 atom stereocenters. The number of aliphatic carboxylic acids is 1. The van der Waals surface area contributed by atoms with Gasteiger partial charge in [-0.1, -0.05) is 45.2 Å². The second-order valence-corrected chi connectivity index (χ2v) is 5.65. The Kier molecular flexibility index (Phi) is 5.06. The average molecular weight is 440 g/mol. The number of rotatable bonds is 4. The van der Waals surface area contributed by atoms with Crippen LogP contribution in [0.15, 0.2) is 0 Å². The van der Waals surface area contributed by atoms with Crippen molar-refractivity contribution in [1.82, 2.24) is 0 Å². The van der Waals surface area contributed by atoms with Crippen LogP contribution in [0.3, 0.4) is 0 Å². The van der Waals surface area contributed by atoms with Crippen molar-refractivity contribution in [2.24, 2.45) is 17.3 Å². The minimum Gasteiger partial charge on any atom is -0.481 e. The van der Waals surface area contributed by atoms with Crippen molar-refractivity contribution >= 4 is 51.2 Å². The van der Waals surface area contributed by atoms with E-state index in [0.717, 1.165) is 10.8 Å². The molecule has 0 bridgehead atoms. The summed E-state index contributed by atoms with van der Waals surface area (Å²) in [5.74, 6) is -1.48. The molecule has 0 saturated heterocycles. The third kappa shape index (κ3) is 2.42. The molecular weight excluding hydrogens is 426 g/mol. The van der Waals surface area contributed by atoms with E-state index in [9.17, 15) is 20.1 Å². The van der Waals surface area contributed by atoms with Gasteiger partial charge in [-0.2, -0.15) is 0 Å². The Hall–Kier alpha value is 0.850. The van der Waals surface area contributed by atoms with Crippen LogP contribution in [0.25, 0.3) is 0 Å². The first-order valence-electron chi connectivity index (χ1n) is 4.70. The Morgan fingerprint density at radius 3 is 2.40 bits per heavy atom. The zero-order valence-corrected chi connectivity index (χ0v) is 12.4. The molecule has 88 valence electrons. The minimum atomic E-state index is -1.54. The van der Waals surface area contributed by atoms with Gasteiger partial charge in [-0.05, 0) is 18.8 Å². The Balaban J connectivity index is 3.02. The summed E-state index contributed by atoms with van der Waals surface area (Å²) in [4.78, 5) is 11.2. The molecule has 1 rings (SSSR count). The quantitative estimate of drug-likeness (QED) is 0.350. The lowest BCUT2D eigenvalue weighted by Crippen LogP contribution is -2.45. The van der Waals surface area contributed by atoms with E-state index >= 15 is 0 Å². The summed E-state index contributed by atoms with van der Waals surface area (Å²) < 4.78 is 1.21. The lowest BCUT2D eigenvalue weighted by atomic mass is 9.76. The molecule has 0 aliphatic heterocycles. The molecular formula is C9H14I2O4. The van der Waals surface area contributed by atoms with Crippen molar-refractivity contribution in [2.75, 3.05) is 8.86 Å². The maximum Gasteiger partial charge on any atom is 0.307 e. The smallest absolute Gasteiger partial charge is 0.307 e. The van der Waals surface area contributed by atoms with Crippen molar-refractivity contribution in [3.8, 4) is 0 Å². The number of alkyl halides is 2. The van der Waals surface area contributed by atoms with Crippen molar-refractivity contribution in [1.29, 1.82) is 0 Å². The lowest BCUT2D eigenvalue weighted by Gasteiger charge is -2.34. The first-order chi connectivity index (χ1) is 6.99. The Bertz CT molecular complexity index is 246. The zero-order valence-electron chi connectivity index (χ0n) is 8.07. The predicted molar refractivity (Wildman–Crippen MR) is 72.3 cm³/mol. The summed E-state index contributed by atoms with van der Waals surface area (Å²) in [6, 6.07) is 0. The van der Waals surface area contributed by atoms with Gasteiger partial charge in [0.2, 0.25) is 0 Å². The second kappa shape index (κ2) is 5.46. The van der Waals surface area contributed by atoms with Crippen LogP contribution in [0.4, 0.5) is 0 Å². The first-order valence-corrected chi connectivity index (χ1v) is 7.75. The van der Waals surface area contributed by atoms with Crippen LogP contribution < -0.4 is 0 Å². The molecule has 0 spiro atoms. The van der Waals surface area contributed by atoms with Crippen LogP contribution in [0.5, 0.6) is 0 Å². The van der Waals surface area contributed by atoms with Crippen LogP contribution in [0.2, 0.25) is 0 Å². The molecule has 3 N–H and O–H groups in total. The van der Waals surface area contributed by atoms with E-state index in [2.05, 4.69) is 22.6 Å². The van der Waals surface area contributed by atoms with Crippen LogP contribution >= 0.6 is 45.2 Å². The van der Waals surface area contributed by atoms with Gasteiger partial charge in [0.15, 0.2) is 6.29 Å². The summed E-state index contributed by atoms with van der Waals surface area (Å²) in [7, 11) is 0. The van der Waals surface area contributed by atoms with E-state index in [4.69, 9.17) is 0 Å². The third-order valence-corrected chi connectivity index (χ3v) is 5.85. The second-order valence-electron chi connectivity index (χ2n) is 4.01. The minimum absolute atomic E-state index is 0.0552. The summed E-state index contributed by atoms with van der Waals surface area (Å²) >= 11 is 4.21. The van der Waals surface area contributed by atoms with Crippen LogP contribution in [-0.4, -0.2) is 36.4 Å². The van der Waals surface area contributed by atoms with Crippen LogP contribution in [-0.2, 0) is 4.79 Å². The first kappa shape index (κ1) is 13.9. The molecule has 1 saturated carbocycles. The summed E-state index contributed by atoms with van der Waals surface area (Å²) in [6.45, 7) is 0. The number of carbonyl (C=O) groups is 1. The molecule has 1 fully saturated rings. The Labute approximate surface area is 116 Å². The third-order valence-electron chi connectivity index (χ3n) is 3.30. The predicted octanol–water partition coefficient (Wildman–Crippen LogP) is 1.26. The normalized spacial score (nSPS) is 36.1. The van der Waals surface area contributed by atoms with E-state index in [0.29, 0.717) is 10.8 Å². The average Bonchev–Trinajstić information content (AvgIpc) is 2.57. The number of halogens is 2. The number of aliphatic hydroxyl groups is 2. The van der Waals surface area contributed by atoms with Gasteiger partial charge in [0.25, 0.3) is 0 Å². The number of carboxylic acid groups (broad SMARTS) is 1. The molecule has 0 heterocycles. The molecule has 1 aliphatic carbocycles. The Morgan fingerprint density at radius 2 is 2.07 bits per heavy atom. The molecule has 4 nitrogen and oxygen atoms in total. The van der Waals surface area contributed by atoms with Crippen molar-refractivity contribution in [3.05, 3.63) is 0 Å². The number of hydrogen-bond donors (Lipinski definition) is 3. The topological polar surface area (TPSA) is 77.8 Å². The fourth-order valence-corrected chi connectivity index (χ4v) is 4.57. The van der Waals surface area contributed by atoms with Crippen LogP contribution in [0.1, 0.15) is 12.8 Å². The van der Waals surface area contributed by atoms with E-state index in [-0.39, 0.29) is 5.92 Å². The summed E-state index contributed by atoms with van der Waals surface area (Å²) in [5.41, 5.74) is -0.859. The Morgan fingerprint density at radius 1 is 1.47 bits per heavy atom. The summed E-state index contributed by atoms with van der Waals surface area (Å²) in [5, 5.41) is 28.0. The van der Waals surface area contributed by atoms with Gasteiger partial charge in [0.05, 0.1) is 5.92 Å². The fraction of sp³-hybridized carbons (Fsp3) is 0.889. The van der Waals surface area contributed by atoms with Gasteiger partial charge in [-0.3, -0.25) is 4.79 Å². The van der Waals surface area contributed by atoms with Crippen LogP contribution in [0, 0.1) is 17.3 Å². The molecule has 15 heavy (non-hydrogen) atoms. The highest BCUT2D eigenvalue weighted by Gasteiger charge is 2.55. The molecule has 0 radical (unpaired) electrons. The molecule has 6 heteroatoms. The highest BCUT2D eigenvalue weighted by atomic mass is 127. The van der Waals surface area contributed by atoms with Crippen molar-refractivity contribution in [2.45, 2.75) is 19.1 Å². The van der Waals surface area contributed by atoms with Gasteiger partial charge in [0, 0.05) is 14.3 Å². The number of hydrogen-bond acceptors (Lipinski definition) is 3. The van der Waals surface area contributed by atoms with Gasteiger partial charge >= 0.3 is 5.97 Å². The van der Waals surface area contributed by atoms with Gasteiger partial charge in [-0.15, -0.1) is 0 Å². The molecule has 0 aromatic rings. The largest absolute Gasteiger partial charge is 0.481 e. The highest BCUT2D eigenvalue weighted by Crippen LogP contribution is 2.50. The SMILES string of the molecule is O=C(O)C1C(CI)CCC1(CI)C(O)O. The van der Waals surface area contributed by atoms with Gasteiger partial charge in [-0.25, -0.2) is 0 Å². The van der Waals surface area contributed by atoms with E-state index in [1.165, 1.54) is 0 Å².